The maximum Gasteiger partial charge on any atom is 0.272 e. The highest BCUT2D eigenvalue weighted by molar-refractivity contribution is 5.94. The third kappa shape index (κ3) is 2.54. The van der Waals surface area contributed by atoms with Gasteiger partial charge in [-0.1, -0.05) is 0 Å². The maximum absolute atomic E-state index is 12.6. The molecule has 6 nitrogen and oxygen atoms in total. The van der Waals surface area contributed by atoms with E-state index in [-0.39, 0.29) is 11.9 Å². The second-order valence-corrected chi connectivity index (χ2v) is 6.66. The van der Waals surface area contributed by atoms with E-state index in [1.165, 1.54) is 19.3 Å². The van der Waals surface area contributed by atoms with Crippen molar-refractivity contribution in [3.8, 4) is 0 Å². The Hall–Kier alpha value is -1.40. The number of hydrogen-bond donors (Lipinski definition) is 2. The number of carbonyl (C=O) groups excluding carboxylic acids is 1. The van der Waals surface area contributed by atoms with Gasteiger partial charge in [-0.3, -0.25) is 14.8 Å². The van der Waals surface area contributed by atoms with Crippen LogP contribution in [0.2, 0.25) is 0 Å². The summed E-state index contributed by atoms with van der Waals surface area (Å²) >= 11 is 0. The van der Waals surface area contributed by atoms with Gasteiger partial charge in [-0.2, -0.15) is 5.10 Å². The van der Waals surface area contributed by atoms with Crippen LogP contribution in [0.1, 0.15) is 47.4 Å². The first-order valence-electron chi connectivity index (χ1n) is 8.51. The molecule has 1 amide bonds. The zero-order valence-electron chi connectivity index (χ0n) is 12.9. The molecular weight excluding hydrogens is 280 g/mol. The molecule has 3 heterocycles. The van der Waals surface area contributed by atoms with Crippen LogP contribution in [0.25, 0.3) is 0 Å². The molecule has 2 aliphatic heterocycles. The van der Waals surface area contributed by atoms with Gasteiger partial charge in [0.05, 0.1) is 25.3 Å². The first kappa shape index (κ1) is 14.2. The van der Waals surface area contributed by atoms with Crippen LogP contribution < -0.4 is 5.32 Å². The Bertz CT molecular complexity index is 550. The SMILES string of the molecule is O=C(N[C@@H]1COC[C@H]1N1CCCC1)c1n[nH]c2c1CCCC2. The fraction of sp³-hybridized carbons (Fsp3) is 0.750. The summed E-state index contributed by atoms with van der Waals surface area (Å²) in [5.41, 5.74) is 2.87. The average Bonchev–Trinajstić information content (AvgIpc) is 3.27. The molecule has 0 bridgehead atoms. The summed E-state index contributed by atoms with van der Waals surface area (Å²) in [5.74, 6) is -0.0425. The second-order valence-electron chi connectivity index (χ2n) is 6.66. The van der Waals surface area contributed by atoms with Crippen molar-refractivity contribution in [2.45, 2.75) is 50.6 Å². The number of rotatable bonds is 3. The van der Waals surface area contributed by atoms with Crippen molar-refractivity contribution in [3.63, 3.8) is 0 Å². The monoisotopic (exact) mass is 304 g/mol. The Morgan fingerprint density at radius 2 is 2.00 bits per heavy atom. The molecule has 2 fully saturated rings. The number of nitrogens with zero attached hydrogens (tertiary/aromatic N) is 2. The molecule has 0 unspecified atom stereocenters. The molecule has 0 saturated carbocycles. The standard InChI is InChI=1S/C16H24N4O2/c21-16(15-11-5-1-2-6-12(11)18-19-15)17-13-9-22-10-14(13)20-7-3-4-8-20/h13-14H,1-10H2,(H,17,21)(H,18,19)/t13-,14-/m1/s1. The molecule has 4 rings (SSSR count). The van der Waals surface area contributed by atoms with Gasteiger partial charge in [-0.05, 0) is 51.6 Å². The first-order chi connectivity index (χ1) is 10.8. The van der Waals surface area contributed by atoms with Gasteiger partial charge in [-0.15, -0.1) is 0 Å². The molecule has 1 aromatic rings. The van der Waals surface area contributed by atoms with Crippen LogP contribution in [-0.2, 0) is 17.6 Å². The van der Waals surface area contributed by atoms with E-state index in [0.717, 1.165) is 50.2 Å². The van der Waals surface area contributed by atoms with Crippen molar-refractivity contribution in [1.82, 2.24) is 20.4 Å². The Balaban J connectivity index is 1.46. The first-order valence-corrected chi connectivity index (χ1v) is 8.51. The van der Waals surface area contributed by atoms with Crippen LogP contribution in [0.5, 0.6) is 0 Å². The van der Waals surface area contributed by atoms with Crippen LogP contribution in [-0.4, -0.2) is 59.4 Å². The molecular formula is C16H24N4O2. The topological polar surface area (TPSA) is 70.2 Å². The summed E-state index contributed by atoms with van der Waals surface area (Å²) in [4.78, 5) is 15.1. The lowest BCUT2D eigenvalue weighted by atomic mass is 9.95. The second kappa shape index (κ2) is 6.01. The lowest BCUT2D eigenvalue weighted by molar-refractivity contribution is 0.0910. The predicted molar refractivity (Wildman–Crippen MR) is 81.9 cm³/mol. The average molecular weight is 304 g/mol. The number of aromatic amines is 1. The Morgan fingerprint density at radius 3 is 2.86 bits per heavy atom. The van der Waals surface area contributed by atoms with E-state index in [0.29, 0.717) is 18.3 Å². The fourth-order valence-corrected chi connectivity index (χ4v) is 4.02. The smallest absolute Gasteiger partial charge is 0.272 e. The van der Waals surface area contributed by atoms with Gasteiger partial charge in [0.15, 0.2) is 5.69 Å². The minimum atomic E-state index is -0.0425. The third-order valence-electron chi connectivity index (χ3n) is 5.25. The number of H-pyrrole nitrogens is 1. The van der Waals surface area contributed by atoms with Gasteiger partial charge in [0, 0.05) is 11.3 Å². The van der Waals surface area contributed by atoms with Gasteiger partial charge in [-0.25, -0.2) is 0 Å². The summed E-state index contributed by atoms with van der Waals surface area (Å²) in [6.45, 7) is 3.58. The quantitative estimate of drug-likeness (QED) is 0.870. The van der Waals surface area contributed by atoms with E-state index in [1.807, 2.05) is 0 Å². The van der Waals surface area contributed by atoms with Gasteiger partial charge in [0.25, 0.3) is 5.91 Å². The number of aromatic nitrogens is 2. The maximum atomic E-state index is 12.6. The minimum Gasteiger partial charge on any atom is -0.378 e. The largest absolute Gasteiger partial charge is 0.378 e. The highest BCUT2D eigenvalue weighted by atomic mass is 16.5. The molecule has 0 spiro atoms. The highest BCUT2D eigenvalue weighted by Crippen LogP contribution is 2.23. The Labute approximate surface area is 130 Å². The summed E-state index contributed by atoms with van der Waals surface area (Å²) in [5, 5.41) is 10.5. The molecule has 6 heteroatoms. The summed E-state index contributed by atoms with van der Waals surface area (Å²) in [6.07, 6.45) is 6.82. The Kier molecular flexibility index (Phi) is 3.88. The molecule has 22 heavy (non-hydrogen) atoms. The number of fused-ring (bicyclic) bond motifs is 1. The fourth-order valence-electron chi connectivity index (χ4n) is 4.02. The molecule has 1 aromatic heterocycles. The zero-order valence-corrected chi connectivity index (χ0v) is 12.9. The lowest BCUT2D eigenvalue weighted by Crippen LogP contribution is -2.50. The number of aryl methyl sites for hydroxylation is 1. The number of carbonyl (C=O) groups is 1. The van der Waals surface area contributed by atoms with Gasteiger partial charge >= 0.3 is 0 Å². The van der Waals surface area contributed by atoms with Gasteiger partial charge in [0.1, 0.15) is 0 Å². The van der Waals surface area contributed by atoms with Crippen LogP contribution in [0.15, 0.2) is 0 Å². The predicted octanol–water partition coefficient (Wildman–Crippen LogP) is 0.881. The molecule has 2 N–H and O–H groups in total. The van der Waals surface area contributed by atoms with E-state index in [2.05, 4.69) is 20.4 Å². The van der Waals surface area contributed by atoms with Gasteiger partial charge < -0.3 is 10.1 Å². The molecule has 2 saturated heterocycles. The van der Waals surface area contributed by atoms with E-state index in [1.54, 1.807) is 0 Å². The van der Waals surface area contributed by atoms with Crippen LogP contribution in [0.3, 0.4) is 0 Å². The van der Waals surface area contributed by atoms with Crippen molar-refractivity contribution in [2.24, 2.45) is 0 Å². The number of amides is 1. The summed E-state index contributed by atoms with van der Waals surface area (Å²) in [6, 6.07) is 0.405. The van der Waals surface area contributed by atoms with Crippen molar-refractivity contribution < 1.29 is 9.53 Å². The van der Waals surface area contributed by atoms with E-state index in [4.69, 9.17) is 4.74 Å². The number of ether oxygens (including phenoxy) is 1. The van der Waals surface area contributed by atoms with Crippen LogP contribution in [0, 0.1) is 0 Å². The lowest BCUT2D eigenvalue weighted by Gasteiger charge is -2.27. The normalized spacial score (nSPS) is 28.7. The van der Waals surface area contributed by atoms with Crippen molar-refractivity contribution >= 4 is 5.91 Å². The van der Waals surface area contributed by atoms with Crippen molar-refractivity contribution in [2.75, 3.05) is 26.3 Å². The summed E-state index contributed by atoms with van der Waals surface area (Å²) in [7, 11) is 0. The highest BCUT2D eigenvalue weighted by Gasteiger charge is 2.36. The molecule has 120 valence electrons. The van der Waals surface area contributed by atoms with E-state index < -0.39 is 0 Å². The molecule has 0 aromatic carbocycles. The number of hydrogen-bond acceptors (Lipinski definition) is 4. The molecule has 3 aliphatic rings. The third-order valence-corrected chi connectivity index (χ3v) is 5.25. The molecule has 2 atom stereocenters. The molecule has 1 aliphatic carbocycles. The van der Waals surface area contributed by atoms with Crippen LogP contribution >= 0.6 is 0 Å². The van der Waals surface area contributed by atoms with Crippen molar-refractivity contribution in [1.29, 1.82) is 0 Å². The minimum absolute atomic E-state index is 0.0425. The van der Waals surface area contributed by atoms with Crippen LogP contribution in [0.4, 0.5) is 0 Å². The number of nitrogens with one attached hydrogen (secondary N) is 2. The Morgan fingerprint density at radius 1 is 1.18 bits per heavy atom. The van der Waals surface area contributed by atoms with E-state index in [9.17, 15) is 4.79 Å². The van der Waals surface area contributed by atoms with E-state index >= 15 is 0 Å². The number of likely N-dealkylation sites (tertiary alicyclic amines) is 1. The molecule has 0 radical (unpaired) electrons. The zero-order chi connectivity index (χ0) is 14.9. The summed E-state index contributed by atoms with van der Waals surface area (Å²) < 4.78 is 5.63. The van der Waals surface area contributed by atoms with Crippen molar-refractivity contribution in [3.05, 3.63) is 17.0 Å². The van der Waals surface area contributed by atoms with Gasteiger partial charge in [0.2, 0.25) is 0 Å².